The van der Waals surface area contributed by atoms with Crippen molar-refractivity contribution in [3.05, 3.63) is 58.6 Å². The first-order chi connectivity index (χ1) is 13.7. The van der Waals surface area contributed by atoms with Gasteiger partial charge in [-0.15, -0.1) is 0 Å². The number of hydrogen-bond acceptors (Lipinski definition) is 5. The summed E-state index contributed by atoms with van der Waals surface area (Å²) < 4.78 is 31.7. The third kappa shape index (κ3) is 5.56. The number of ether oxygens (including phenoxy) is 1. The lowest BCUT2D eigenvalue weighted by atomic mass is 10.1. The predicted molar refractivity (Wildman–Crippen MR) is 112 cm³/mol. The maximum absolute atomic E-state index is 12.7. The van der Waals surface area contributed by atoms with Crippen molar-refractivity contribution >= 4 is 39.2 Å². The minimum absolute atomic E-state index is 0.000677. The molecule has 9 heteroatoms. The second kappa shape index (κ2) is 9.87. The molecule has 29 heavy (non-hydrogen) atoms. The van der Waals surface area contributed by atoms with Crippen LogP contribution >= 0.6 is 11.6 Å². The molecule has 7 nitrogen and oxygen atoms in total. The first-order valence-electron chi connectivity index (χ1n) is 9.03. The molecule has 2 rings (SSSR count). The van der Waals surface area contributed by atoms with E-state index in [1.807, 2.05) is 0 Å². The third-order valence-electron chi connectivity index (χ3n) is 4.25. The molecule has 0 aliphatic carbocycles. The smallest absolute Gasteiger partial charge is 0.338 e. The lowest BCUT2D eigenvalue weighted by Crippen LogP contribution is -2.30. The fourth-order valence-corrected chi connectivity index (χ4v) is 4.32. The van der Waals surface area contributed by atoms with E-state index >= 15 is 0 Å². The molecule has 0 saturated carbocycles. The Labute approximate surface area is 175 Å². The van der Waals surface area contributed by atoms with Crippen molar-refractivity contribution in [3.63, 3.8) is 0 Å². The Morgan fingerprint density at radius 2 is 1.76 bits per heavy atom. The van der Waals surface area contributed by atoms with Crippen LogP contribution in [0.2, 0.25) is 5.02 Å². The van der Waals surface area contributed by atoms with E-state index in [1.54, 1.807) is 45.0 Å². The summed E-state index contributed by atoms with van der Waals surface area (Å²) in [5.74, 6) is -1.34. The van der Waals surface area contributed by atoms with Gasteiger partial charge in [0.2, 0.25) is 10.0 Å². The molecule has 0 spiro atoms. The number of nitrogens with zero attached hydrogens (tertiary/aromatic N) is 1. The Morgan fingerprint density at radius 3 is 2.38 bits per heavy atom. The molecule has 0 unspecified atom stereocenters. The van der Waals surface area contributed by atoms with Crippen LogP contribution in [0.15, 0.2) is 47.4 Å². The van der Waals surface area contributed by atoms with E-state index in [0.29, 0.717) is 29.4 Å². The second-order valence-electron chi connectivity index (χ2n) is 6.17. The summed E-state index contributed by atoms with van der Waals surface area (Å²) in [6.07, 6.45) is 0. The quantitative estimate of drug-likeness (QED) is 0.637. The first kappa shape index (κ1) is 22.9. The highest BCUT2D eigenvalue weighted by Gasteiger charge is 2.24. The number of para-hydroxylation sites is 1. The lowest BCUT2D eigenvalue weighted by molar-refractivity contribution is -0.119. The second-order valence-corrected chi connectivity index (χ2v) is 8.52. The molecule has 0 saturated heterocycles. The molecular weight excluding hydrogens is 416 g/mol. The topological polar surface area (TPSA) is 92.8 Å². The highest BCUT2D eigenvalue weighted by molar-refractivity contribution is 7.89. The van der Waals surface area contributed by atoms with Gasteiger partial charge >= 0.3 is 5.97 Å². The van der Waals surface area contributed by atoms with Crippen LogP contribution in [0.25, 0.3) is 0 Å². The van der Waals surface area contributed by atoms with Gasteiger partial charge in [-0.2, -0.15) is 4.31 Å². The SMILES string of the molecule is CCN(CC)S(=O)(=O)c1ccc(C)c(C(=O)OCC(=O)Nc2ccccc2Cl)c1. The van der Waals surface area contributed by atoms with E-state index < -0.39 is 28.5 Å². The summed E-state index contributed by atoms with van der Waals surface area (Å²) in [4.78, 5) is 24.5. The minimum atomic E-state index is -3.72. The van der Waals surface area contributed by atoms with Gasteiger partial charge in [0.25, 0.3) is 5.91 Å². The minimum Gasteiger partial charge on any atom is -0.452 e. The molecule has 0 aliphatic heterocycles. The van der Waals surface area contributed by atoms with Crippen molar-refractivity contribution in [2.75, 3.05) is 25.0 Å². The van der Waals surface area contributed by atoms with E-state index in [4.69, 9.17) is 16.3 Å². The van der Waals surface area contributed by atoms with E-state index in [9.17, 15) is 18.0 Å². The Morgan fingerprint density at radius 1 is 1.10 bits per heavy atom. The largest absolute Gasteiger partial charge is 0.452 e. The summed E-state index contributed by atoms with van der Waals surface area (Å²) >= 11 is 5.97. The standard InChI is InChI=1S/C20H23ClN2O5S/c1-4-23(5-2)29(26,27)15-11-10-14(3)16(12-15)20(25)28-13-19(24)22-18-9-7-6-8-17(18)21/h6-12H,4-5,13H2,1-3H3,(H,22,24). The number of halogens is 1. The van der Waals surface area contributed by atoms with Crippen molar-refractivity contribution < 1.29 is 22.7 Å². The zero-order chi connectivity index (χ0) is 21.6. The molecular formula is C20H23ClN2O5S. The van der Waals surface area contributed by atoms with Gasteiger partial charge in [-0.3, -0.25) is 4.79 Å². The van der Waals surface area contributed by atoms with Crippen molar-refractivity contribution in [2.24, 2.45) is 0 Å². The molecule has 1 N–H and O–H groups in total. The van der Waals surface area contributed by atoms with E-state index in [0.717, 1.165) is 0 Å². The van der Waals surface area contributed by atoms with Crippen LogP contribution in [0, 0.1) is 6.92 Å². The highest BCUT2D eigenvalue weighted by atomic mass is 35.5. The highest BCUT2D eigenvalue weighted by Crippen LogP contribution is 2.21. The van der Waals surface area contributed by atoms with Crippen molar-refractivity contribution in [3.8, 4) is 0 Å². The normalized spacial score (nSPS) is 11.3. The average Bonchev–Trinajstić information content (AvgIpc) is 2.69. The van der Waals surface area contributed by atoms with Gasteiger partial charge in [-0.05, 0) is 36.8 Å². The zero-order valence-electron chi connectivity index (χ0n) is 16.4. The van der Waals surface area contributed by atoms with Crippen molar-refractivity contribution in [2.45, 2.75) is 25.7 Å². The first-order valence-corrected chi connectivity index (χ1v) is 10.8. The Balaban J connectivity index is 2.13. The number of anilines is 1. The molecule has 0 bridgehead atoms. The van der Waals surface area contributed by atoms with E-state index in [-0.39, 0.29) is 10.5 Å². The molecule has 2 aromatic rings. The summed E-state index contributed by atoms with van der Waals surface area (Å²) in [7, 11) is -3.72. The van der Waals surface area contributed by atoms with Crippen LogP contribution in [-0.4, -0.2) is 44.3 Å². The third-order valence-corrected chi connectivity index (χ3v) is 6.63. The van der Waals surface area contributed by atoms with E-state index in [1.165, 1.54) is 22.5 Å². The van der Waals surface area contributed by atoms with Gasteiger partial charge in [0.1, 0.15) is 0 Å². The molecule has 156 valence electrons. The van der Waals surface area contributed by atoms with Gasteiger partial charge in [-0.1, -0.05) is 43.6 Å². The molecule has 0 fully saturated rings. The van der Waals surface area contributed by atoms with Crippen LogP contribution in [0.1, 0.15) is 29.8 Å². The van der Waals surface area contributed by atoms with Crippen LogP contribution < -0.4 is 5.32 Å². The zero-order valence-corrected chi connectivity index (χ0v) is 18.0. The average molecular weight is 439 g/mol. The summed E-state index contributed by atoms with van der Waals surface area (Å²) in [6.45, 7) is 5.23. The molecule has 2 aromatic carbocycles. The molecule has 1 amide bonds. The summed E-state index contributed by atoms with van der Waals surface area (Å²) in [5, 5.41) is 2.91. The predicted octanol–water partition coefficient (Wildman–Crippen LogP) is 3.47. The Bertz CT molecular complexity index is 1000. The maximum Gasteiger partial charge on any atom is 0.338 e. The fourth-order valence-electron chi connectivity index (χ4n) is 2.65. The molecule has 0 atom stereocenters. The molecule has 0 heterocycles. The maximum atomic E-state index is 12.7. The summed E-state index contributed by atoms with van der Waals surface area (Å²) in [5.41, 5.74) is 1.03. The number of nitrogens with one attached hydrogen (secondary N) is 1. The molecule has 0 aromatic heterocycles. The summed E-state index contributed by atoms with van der Waals surface area (Å²) in [6, 6.07) is 10.9. The molecule has 0 aliphatic rings. The number of rotatable bonds is 8. The van der Waals surface area contributed by atoms with Crippen LogP contribution in [0.3, 0.4) is 0 Å². The van der Waals surface area contributed by atoms with Crippen molar-refractivity contribution in [1.29, 1.82) is 0 Å². The number of sulfonamides is 1. The van der Waals surface area contributed by atoms with Crippen LogP contribution in [0.4, 0.5) is 5.69 Å². The van der Waals surface area contributed by atoms with Gasteiger partial charge in [0.15, 0.2) is 6.61 Å². The number of carbonyl (C=O) groups is 2. The Kier molecular flexibility index (Phi) is 7.78. The fraction of sp³-hybridized carbons (Fsp3) is 0.300. The van der Waals surface area contributed by atoms with E-state index in [2.05, 4.69) is 5.32 Å². The number of benzene rings is 2. The number of aryl methyl sites for hydroxylation is 1. The number of carbonyl (C=O) groups excluding carboxylic acids is 2. The number of hydrogen-bond donors (Lipinski definition) is 1. The van der Waals surface area contributed by atoms with Crippen LogP contribution in [0.5, 0.6) is 0 Å². The Hall–Kier alpha value is -2.42. The van der Waals surface area contributed by atoms with Crippen molar-refractivity contribution in [1.82, 2.24) is 4.31 Å². The van der Waals surface area contributed by atoms with Gasteiger partial charge in [0, 0.05) is 13.1 Å². The number of amides is 1. The van der Waals surface area contributed by atoms with Gasteiger partial charge in [0.05, 0.1) is 21.2 Å². The molecule has 0 radical (unpaired) electrons. The monoisotopic (exact) mass is 438 g/mol. The van der Waals surface area contributed by atoms with Gasteiger partial charge < -0.3 is 10.1 Å². The van der Waals surface area contributed by atoms with Crippen LogP contribution in [-0.2, 0) is 19.6 Å². The van der Waals surface area contributed by atoms with Gasteiger partial charge in [-0.25, -0.2) is 13.2 Å². The lowest BCUT2D eigenvalue weighted by Gasteiger charge is -2.19. The number of esters is 1.